The average molecular weight is 317 g/mol. The van der Waals surface area contributed by atoms with Crippen LogP contribution in [-0.2, 0) is 9.59 Å². The molecule has 0 bridgehead atoms. The third-order valence-corrected chi connectivity index (χ3v) is 3.47. The highest BCUT2D eigenvalue weighted by atomic mass is 35.5. The molecule has 0 saturated heterocycles. The van der Waals surface area contributed by atoms with Crippen molar-refractivity contribution in [2.45, 2.75) is 32.2 Å². The Hall–Kier alpha value is -1.60. The van der Waals surface area contributed by atoms with Crippen LogP contribution in [0.1, 0.15) is 25.0 Å². The molecule has 118 valence electrons. The molecular weight excluding hydrogens is 296 g/mol. The summed E-state index contributed by atoms with van der Waals surface area (Å²) >= 11 is 0. The molecule has 1 saturated carbocycles. The summed E-state index contributed by atoms with van der Waals surface area (Å²) in [6.07, 6.45) is 2.37. The normalized spacial score (nSPS) is 20.7. The number of likely N-dealkylation sites (N-methyl/N-ethyl adjacent to an activating group) is 1. The summed E-state index contributed by atoms with van der Waals surface area (Å²) in [7, 11) is 1.62. The van der Waals surface area contributed by atoms with Crippen LogP contribution in [0.2, 0.25) is 0 Å². The number of aryl methyl sites for hydroxylation is 1. The van der Waals surface area contributed by atoms with Gasteiger partial charge in [0.25, 0.3) is 0 Å². The molecule has 1 aliphatic rings. The van der Waals surface area contributed by atoms with Crippen molar-refractivity contribution in [1.82, 2.24) is 10.1 Å². The summed E-state index contributed by atoms with van der Waals surface area (Å²) < 4.78 is 4.85. The highest BCUT2D eigenvalue weighted by Crippen LogP contribution is 2.25. The van der Waals surface area contributed by atoms with Crippen LogP contribution in [0.25, 0.3) is 0 Å². The van der Waals surface area contributed by atoms with Crippen LogP contribution in [0, 0.1) is 12.8 Å². The minimum atomic E-state index is -0.295. The number of nitrogens with two attached hydrogens (primary N) is 1. The Morgan fingerprint density at radius 2 is 2.24 bits per heavy atom. The first kappa shape index (κ1) is 17.5. The molecule has 8 heteroatoms. The van der Waals surface area contributed by atoms with Gasteiger partial charge in [0, 0.05) is 25.1 Å². The molecule has 2 unspecified atom stereocenters. The molecule has 0 radical (unpaired) electrons. The molecule has 2 rings (SSSR count). The van der Waals surface area contributed by atoms with Gasteiger partial charge in [-0.15, -0.1) is 12.4 Å². The van der Waals surface area contributed by atoms with Gasteiger partial charge in [0.15, 0.2) is 5.82 Å². The Morgan fingerprint density at radius 3 is 2.76 bits per heavy atom. The van der Waals surface area contributed by atoms with E-state index in [9.17, 15) is 9.59 Å². The van der Waals surface area contributed by atoms with Gasteiger partial charge in [0.2, 0.25) is 11.8 Å². The minimum absolute atomic E-state index is 0. The van der Waals surface area contributed by atoms with E-state index in [1.54, 1.807) is 20.0 Å². The maximum atomic E-state index is 12.1. The Bertz CT molecular complexity index is 505. The number of nitrogens with one attached hydrogen (secondary N) is 1. The standard InChI is InChI=1S/C13H20N4O3.ClH/c1-8-5-11(16-20-8)15-12(18)7-17(2)13(19)9-3-4-10(14)6-9;/h5,9-10H,3-4,6-7,14H2,1-2H3,(H,15,16,18);1H. The topological polar surface area (TPSA) is 101 Å². The number of rotatable bonds is 4. The summed E-state index contributed by atoms with van der Waals surface area (Å²) in [5, 5.41) is 6.25. The molecule has 0 aromatic carbocycles. The van der Waals surface area contributed by atoms with Gasteiger partial charge in [-0.2, -0.15) is 0 Å². The third kappa shape index (κ3) is 4.71. The van der Waals surface area contributed by atoms with Crippen molar-refractivity contribution in [2.24, 2.45) is 11.7 Å². The first-order chi connectivity index (χ1) is 9.45. The van der Waals surface area contributed by atoms with Gasteiger partial charge in [-0.1, -0.05) is 5.16 Å². The van der Waals surface area contributed by atoms with Crippen molar-refractivity contribution in [1.29, 1.82) is 0 Å². The van der Waals surface area contributed by atoms with Gasteiger partial charge in [0.05, 0.1) is 6.54 Å². The molecular formula is C13H21ClN4O3. The number of nitrogens with zero attached hydrogens (tertiary/aromatic N) is 2. The zero-order valence-corrected chi connectivity index (χ0v) is 13.0. The largest absolute Gasteiger partial charge is 0.360 e. The number of amides is 2. The molecule has 0 spiro atoms. The number of hydrogen-bond acceptors (Lipinski definition) is 5. The van der Waals surface area contributed by atoms with E-state index in [4.69, 9.17) is 10.3 Å². The zero-order valence-electron chi connectivity index (χ0n) is 12.2. The second-order valence-corrected chi connectivity index (χ2v) is 5.34. The van der Waals surface area contributed by atoms with Crippen LogP contribution < -0.4 is 11.1 Å². The van der Waals surface area contributed by atoms with Crippen LogP contribution in [0.4, 0.5) is 5.82 Å². The Kier molecular flexibility index (Phi) is 6.17. The van der Waals surface area contributed by atoms with E-state index in [2.05, 4.69) is 10.5 Å². The Balaban J connectivity index is 0.00000220. The van der Waals surface area contributed by atoms with E-state index in [1.807, 2.05) is 0 Å². The van der Waals surface area contributed by atoms with Gasteiger partial charge in [-0.05, 0) is 26.2 Å². The van der Waals surface area contributed by atoms with E-state index in [1.165, 1.54) is 4.90 Å². The van der Waals surface area contributed by atoms with Gasteiger partial charge in [-0.25, -0.2) is 0 Å². The maximum absolute atomic E-state index is 12.1. The average Bonchev–Trinajstić information content (AvgIpc) is 2.97. The fourth-order valence-corrected chi connectivity index (χ4v) is 2.45. The van der Waals surface area contributed by atoms with E-state index in [0.717, 1.165) is 12.8 Å². The quantitative estimate of drug-likeness (QED) is 0.860. The Labute approximate surface area is 129 Å². The van der Waals surface area contributed by atoms with Crippen molar-refractivity contribution < 1.29 is 14.1 Å². The Morgan fingerprint density at radius 1 is 1.52 bits per heavy atom. The van der Waals surface area contributed by atoms with Crippen molar-refractivity contribution in [3.8, 4) is 0 Å². The number of anilines is 1. The number of hydrogen-bond donors (Lipinski definition) is 2. The van der Waals surface area contributed by atoms with Crippen LogP contribution in [-0.4, -0.2) is 41.5 Å². The van der Waals surface area contributed by atoms with Crippen molar-refractivity contribution >= 4 is 30.0 Å². The number of halogens is 1. The first-order valence-corrected chi connectivity index (χ1v) is 6.69. The second-order valence-electron chi connectivity index (χ2n) is 5.34. The molecule has 7 nitrogen and oxygen atoms in total. The highest BCUT2D eigenvalue weighted by molar-refractivity contribution is 5.94. The lowest BCUT2D eigenvalue weighted by molar-refractivity contribution is -0.136. The zero-order chi connectivity index (χ0) is 14.7. The van der Waals surface area contributed by atoms with E-state index in [-0.39, 0.29) is 42.7 Å². The molecule has 1 heterocycles. The third-order valence-electron chi connectivity index (χ3n) is 3.47. The van der Waals surface area contributed by atoms with E-state index < -0.39 is 0 Å². The molecule has 1 aliphatic carbocycles. The van der Waals surface area contributed by atoms with Gasteiger partial charge in [-0.3, -0.25) is 9.59 Å². The monoisotopic (exact) mass is 316 g/mol. The van der Waals surface area contributed by atoms with Crippen LogP contribution in [0.5, 0.6) is 0 Å². The first-order valence-electron chi connectivity index (χ1n) is 6.69. The predicted octanol–water partition coefficient (Wildman–Crippen LogP) is 0.929. The SMILES string of the molecule is Cc1cc(NC(=O)CN(C)C(=O)C2CCC(N)C2)no1.Cl. The number of aromatic nitrogens is 1. The van der Waals surface area contributed by atoms with Gasteiger partial charge < -0.3 is 20.5 Å². The molecule has 1 aromatic rings. The second kappa shape index (κ2) is 7.42. The summed E-state index contributed by atoms with van der Waals surface area (Å²) in [4.78, 5) is 25.4. The van der Waals surface area contributed by atoms with Crippen LogP contribution in [0.3, 0.4) is 0 Å². The number of carbonyl (C=O) groups is 2. The molecule has 1 fully saturated rings. The van der Waals surface area contributed by atoms with E-state index in [0.29, 0.717) is 18.0 Å². The lowest BCUT2D eigenvalue weighted by Crippen LogP contribution is -2.38. The van der Waals surface area contributed by atoms with Gasteiger partial charge in [0.1, 0.15) is 5.76 Å². The fraction of sp³-hybridized carbons (Fsp3) is 0.615. The summed E-state index contributed by atoms with van der Waals surface area (Å²) in [6, 6.07) is 1.72. The summed E-state index contributed by atoms with van der Waals surface area (Å²) in [5.41, 5.74) is 5.80. The maximum Gasteiger partial charge on any atom is 0.245 e. The fourth-order valence-electron chi connectivity index (χ4n) is 2.45. The van der Waals surface area contributed by atoms with Crippen molar-refractivity contribution in [3.05, 3.63) is 11.8 Å². The predicted molar refractivity (Wildman–Crippen MR) is 80.1 cm³/mol. The van der Waals surface area contributed by atoms with Crippen molar-refractivity contribution in [2.75, 3.05) is 18.9 Å². The molecule has 21 heavy (non-hydrogen) atoms. The minimum Gasteiger partial charge on any atom is -0.360 e. The molecule has 1 aromatic heterocycles. The van der Waals surface area contributed by atoms with E-state index >= 15 is 0 Å². The van der Waals surface area contributed by atoms with Gasteiger partial charge >= 0.3 is 0 Å². The lowest BCUT2D eigenvalue weighted by atomic mass is 10.1. The molecule has 3 N–H and O–H groups in total. The van der Waals surface area contributed by atoms with Crippen molar-refractivity contribution in [3.63, 3.8) is 0 Å². The molecule has 0 aliphatic heterocycles. The molecule has 2 amide bonds. The van der Waals surface area contributed by atoms with Crippen LogP contribution >= 0.6 is 12.4 Å². The summed E-state index contributed by atoms with van der Waals surface area (Å²) in [6.45, 7) is 1.73. The number of carbonyl (C=O) groups excluding carboxylic acids is 2. The highest BCUT2D eigenvalue weighted by Gasteiger charge is 2.30. The lowest BCUT2D eigenvalue weighted by Gasteiger charge is -2.20. The molecule has 2 atom stereocenters. The van der Waals surface area contributed by atoms with Crippen LogP contribution in [0.15, 0.2) is 10.6 Å². The smallest absolute Gasteiger partial charge is 0.245 e. The summed E-state index contributed by atoms with van der Waals surface area (Å²) in [5.74, 6) is 0.596.